The van der Waals surface area contributed by atoms with Gasteiger partial charge in [-0.25, -0.2) is 15.0 Å². The molecule has 0 bridgehead atoms. The molecule has 0 aliphatic heterocycles. The number of imidazole rings is 1. The largest absolute Gasteiger partial charge is 0.456 e. The predicted molar refractivity (Wildman–Crippen MR) is 211 cm³/mol. The number of aromatic nitrogens is 4. The summed E-state index contributed by atoms with van der Waals surface area (Å²) in [6.07, 6.45) is 0. The average molecular weight is 667 g/mol. The van der Waals surface area contributed by atoms with E-state index >= 15 is 0 Å². The summed E-state index contributed by atoms with van der Waals surface area (Å²) in [5, 5.41) is 1.98. The molecule has 10 aromatic rings. The van der Waals surface area contributed by atoms with Crippen LogP contribution in [0.5, 0.6) is 0 Å². The van der Waals surface area contributed by atoms with Crippen molar-refractivity contribution >= 4 is 33.0 Å². The number of hydrogen-bond acceptors (Lipinski definition) is 4. The number of fused-ring (bicyclic) bond motifs is 4. The number of furan rings is 1. The van der Waals surface area contributed by atoms with Crippen molar-refractivity contribution in [2.75, 3.05) is 0 Å². The van der Waals surface area contributed by atoms with Crippen molar-refractivity contribution in [1.82, 2.24) is 19.5 Å². The Hall–Kier alpha value is -7.11. The number of rotatable bonds is 6. The van der Waals surface area contributed by atoms with Gasteiger partial charge in [-0.1, -0.05) is 127 Å². The van der Waals surface area contributed by atoms with Crippen LogP contribution < -0.4 is 0 Å². The molecule has 0 saturated carbocycles. The lowest BCUT2D eigenvalue weighted by atomic mass is 10.00. The highest BCUT2D eigenvalue weighted by molar-refractivity contribution is 6.12. The van der Waals surface area contributed by atoms with E-state index in [0.717, 1.165) is 89.3 Å². The number of benzene rings is 7. The van der Waals surface area contributed by atoms with E-state index < -0.39 is 0 Å². The first-order valence-electron chi connectivity index (χ1n) is 17.4. The van der Waals surface area contributed by atoms with Crippen LogP contribution in [0.2, 0.25) is 0 Å². The van der Waals surface area contributed by atoms with Crippen molar-refractivity contribution in [2.45, 2.75) is 0 Å². The normalized spacial score (nSPS) is 11.5. The van der Waals surface area contributed by atoms with Gasteiger partial charge < -0.3 is 4.42 Å². The molecule has 3 aromatic heterocycles. The fourth-order valence-electron chi connectivity index (χ4n) is 7.17. The summed E-state index contributed by atoms with van der Waals surface area (Å²) in [5.74, 6) is 1.50. The molecular weight excluding hydrogens is 637 g/mol. The van der Waals surface area contributed by atoms with E-state index in [0.29, 0.717) is 5.82 Å². The Morgan fingerprint density at radius 2 is 1.08 bits per heavy atom. The van der Waals surface area contributed by atoms with Crippen molar-refractivity contribution in [1.29, 1.82) is 0 Å². The SMILES string of the molecule is c1ccc(-c2cccc(-c3cc(-c4ccccc4)nc(-c4cccc5oc6cc(-c7nc8ccccc8n7-c7ccccc7)ccc6c45)n3)c2)cc1. The molecule has 5 nitrogen and oxygen atoms in total. The molecule has 5 heteroatoms. The van der Waals surface area contributed by atoms with Crippen LogP contribution in [0.25, 0.3) is 95.1 Å². The Morgan fingerprint density at radius 3 is 1.88 bits per heavy atom. The lowest BCUT2D eigenvalue weighted by molar-refractivity contribution is 0.669. The van der Waals surface area contributed by atoms with Crippen molar-refractivity contribution in [3.8, 4) is 62.1 Å². The molecule has 244 valence electrons. The molecule has 7 aromatic carbocycles. The first-order chi connectivity index (χ1) is 25.8. The fourth-order valence-corrected chi connectivity index (χ4v) is 7.17. The van der Waals surface area contributed by atoms with Gasteiger partial charge in [0, 0.05) is 38.7 Å². The molecule has 0 spiro atoms. The minimum atomic E-state index is 0.643. The minimum absolute atomic E-state index is 0.643. The predicted octanol–water partition coefficient (Wildman–Crippen LogP) is 12.0. The van der Waals surface area contributed by atoms with Gasteiger partial charge >= 0.3 is 0 Å². The number of hydrogen-bond donors (Lipinski definition) is 0. The second-order valence-electron chi connectivity index (χ2n) is 12.9. The summed E-state index contributed by atoms with van der Waals surface area (Å²) in [4.78, 5) is 15.5. The van der Waals surface area contributed by atoms with Gasteiger partial charge in [-0.3, -0.25) is 4.57 Å². The summed E-state index contributed by atoms with van der Waals surface area (Å²) >= 11 is 0. The highest BCUT2D eigenvalue weighted by Gasteiger charge is 2.20. The molecule has 10 rings (SSSR count). The van der Waals surface area contributed by atoms with Crippen LogP contribution in [-0.2, 0) is 0 Å². The maximum absolute atomic E-state index is 6.60. The van der Waals surface area contributed by atoms with Crippen molar-refractivity contribution in [3.05, 3.63) is 182 Å². The summed E-state index contributed by atoms with van der Waals surface area (Å²) < 4.78 is 8.81. The molecule has 3 heterocycles. The van der Waals surface area contributed by atoms with Crippen LogP contribution in [0, 0.1) is 0 Å². The van der Waals surface area contributed by atoms with E-state index in [2.05, 4.69) is 138 Å². The second kappa shape index (κ2) is 12.3. The second-order valence-corrected chi connectivity index (χ2v) is 12.9. The Morgan fingerprint density at radius 1 is 0.423 bits per heavy atom. The third-order valence-electron chi connectivity index (χ3n) is 9.63. The Kier molecular flexibility index (Phi) is 7.07. The van der Waals surface area contributed by atoms with E-state index in [1.165, 1.54) is 0 Å². The zero-order valence-electron chi connectivity index (χ0n) is 28.0. The summed E-state index contributed by atoms with van der Waals surface area (Å²) in [5.41, 5.74) is 12.6. The van der Waals surface area contributed by atoms with Crippen molar-refractivity contribution in [2.24, 2.45) is 0 Å². The topological polar surface area (TPSA) is 56.7 Å². The van der Waals surface area contributed by atoms with E-state index in [1.54, 1.807) is 0 Å². The average Bonchev–Trinajstić information content (AvgIpc) is 3.80. The first kappa shape index (κ1) is 29.8. The number of nitrogens with zero attached hydrogens (tertiary/aromatic N) is 4. The molecule has 0 unspecified atom stereocenters. The molecule has 0 radical (unpaired) electrons. The van der Waals surface area contributed by atoms with Crippen LogP contribution in [-0.4, -0.2) is 19.5 Å². The standard InChI is InChI=1S/C47H30N4O/c1-4-14-31(15-5-1)33-18-12-19-34(28-33)41-30-40(32-16-6-2-7-17-32)48-46(49-41)38-22-13-25-43-45(38)37-27-26-35(29-44(37)52-43)47-50-39-23-10-11-24-42(39)51(47)36-20-8-3-9-21-36/h1-30H. The first-order valence-corrected chi connectivity index (χ1v) is 17.4. The zero-order chi connectivity index (χ0) is 34.4. The van der Waals surface area contributed by atoms with Crippen LogP contribution in [0.3, 0.4) is 0 Å². The molecule has 0 aliphatic rings. The van der Waals surface area contributed by atoms with Gasteiger partial charge in [0.1, 0.15) is 17.0 Å². The van der Waals surface area contributed by atoms with Gasteiger partial charge in [-0.05, 0) is 65.7 Å². The molecule has 52 heavy (non-hydrogen) atoms. The van der Waals surface area contributed by atoms with Gasteiger partial charge in [-0.2, -0.15) is 0 Å². The molecule has 0 N–H and O–H groups in total. The summed E-state index contributed by atoms with van der Waals surface area (Å²) in [7, 11) is 0. The Balaban J connectivity index is 1.14. The molecule has 0 aliphatic carbocycles. The quantitative estimate of drug-likeness (QED) is 0.177. The lowest BCUT2D eigenvalue weighted by Gasteiger charge is -2.11. The molecule has 0 atom stereocenters. The third kappa shape index (κ3) is 5.15. The maximum Gasteiger partial charge on any atom is 0.161 e. The van der Waals surface area contributed by atoms with E-state index in [4.69, 9.17) is 19.4 Å². The lowest BCUT2D eigenvalue weighted by Crippen LogP contribution is -1.97. The summed E-state index contributed by atoms with van der Waals surface area (Å²) in [6, 6.07) is 62.5. The third-order valence-corrected chi connectivity index (χ3v) is 9.63. The zero-order valence-corrected chi connectivity index (χ0v) is 28.0. The molecule has 0 fully saturated rings. The number of para-hydroxylation sites is 3. The summed E-state index contributed by atoms with van der Waals surface area (Å²) in [6.45, 7) is 0. The van der Waals surface area contributed by atoms with Gasteiger partial charge in [0.2, 0.25) is 0 Å². The van der Waals surface area contributed by atoms with Gasteiger partial charge in [-0.15, -0.1) is 0 Å². The van der Waals surface area contributed by atoms with Crippen molar-refractivity contribution < 1.29 is 4.42 Å². The van der Waals surface area contributed by atoms with E-state index in [-0.39, 0.29) is 0 Å². The molecule has 0 amide bonds. The van der Waals surface area contributed by atoms with Gasteiger partial charge in [0.25, 0.3) is 0 Å². The fraction of sp³-hybridized carbons (Fsp3) is 0. The Labute approximate surface area is 300 Å². The van der Waals surface area contributed by atoms with Crippen LogP contribution in [0.4, 0.5) is 0 Å². The monoisotopic (exact) mass is 666 g/mol. The highest BCUT2D eigenvalue weighted by atomic mass is 16.3. The smallest absolute Gasteiger partial charge is 0.161 e. The Bertz CT molecular complexity index is 2890. The maximum atomic E-state index is 6.60. The van der Waals surface area contributed by atoms with E-state index in [1.807, 2.05) is 48.5 Å². The minimum Gasteiger partial charge on any atom is -0.456 e. The van der Waals surface area contributed by atoms with Crippen LogP contribution >= 0.6 is 0 Å². The van der Waals surface area contributed by atoms with Crippen molar-refractivity contribution in [3.63, 3.8) is 0 Å². The van der Waals surface area contributed by atoms with E-state index in [9.17, 15) is 0 Å². The van der Waals surface area contributed by atoms with Crippen LogP contribution in [0.15, 0.2) is 186 Å². The van der Waals surface area contributed by atoms with Gasteiger partial charge in [0.15, 0.2) is 5.82 Å². The van der Waals surface area contributed by atoms with Gasteiger partial charge in [0.05, 0.1) is 22.4 Å². The molecular formula is C47H30N4O. The molecule has 0 saturated heterocycles. The highest BCUT2D eigenvalue weighted by Crippen LogP contribution is 2.39. The van der Waals surface area contributed by atoms with Crippen LogP contribution in [0.1, 0.15) is 0 Å².